The summed E-state index contributed by atoms with van der Waals surface area (Å²) >= 11 is 0. The third-order valence-electron chi connectivity index (χ3n) is 2.34. The Bertz CT molecular complexity index is 519. The van der Waals surface area contributed by atoms with Crippen LogP contribution in [-0.4, -0.2) is 35.1 Å². The maximum Gasteiger partial charge on any atom is 0.339 e. The number of hydrogen-bond acceptors (Lipinski definition) is 6. The van der Waals surface area contributed by atoms with E-state index in [1.165, 1.54) is 12.4 Å². The van der Waals surface area contributed by atoms with Gasteiger partial charge in [0.05, 0.1) is 11.1 Å². The molecule has 6 heteroatoms. The van der Waals surface area contributed by atoms with Crippen molar-refractivity contribution in [2.24, 2.45) is 0 Å². The maximum absolute atomic E-state index is 11.5. The molecule has 0 atom stereocenters. The summed E-state index contributed by atoms with van der Waals surface area (Å²) in [6, 6.07) is 6.46. The molecule has 0 aliphatic carbocycles. The van der Waals surface area contributed by atoms with E-state index in [2.05, 4.69) is 9.97 Å². The number of pyridine rings is 2. The molecule has 0 aliphatic rings. The summed E-state index contributed by atoms with van der Waals surface area (Å²) < 4.78 is 9.89. The number of nitrogens with zero attached hydrogens (tertiary/aromatic N) is 2. The Kier molecular flexibility index (Phi) is 4.77. The summed E-state index contributed by atoms with van der Waals surface area (Å²) in [4.78, 5) is 30.7. The van der Waals surface area contributed by atoms with Crippen molar-refractivity contribution < 1.29 is 19.1 Å². The lowest BCUT2D eigenvalue weighted by atomic mass is 10.3. The van der Waals surface area contributed by atoms with Crippen molar-refractivity contribution in [2.45, 2.75) is 0 Å². The second-order valence-corrected chi connectivity index (χ2v) is 3.76. The molecule has 102 valence electrons. The number of rotatable bonds is 5. The number of aromatic nitrogens is 2. The lowest BCUT2D eigenvalue weighted by molar-refractivity contribution is 0.0265. The number of esters is 2. The zero-order valence-electron chi connectivity index (χ0n) is 10.6. The molecule has 0 saturated heterocycles. The van der Waals surface area contributed by atoms with Gasteiger partial charge in [-0.05, 0) is 24.3 Å². The van der Waals surface area contributed by atoms with Gasteiger partial charge in [-0.2, -0.15) is 0 Å². The fraction of sp³-hybridized carbons (Fsp3) is 0.143. The van der Waals surface area contributed by atoms with Gasteiger partial charge in [0.1, 0.15) is 13.2 Å². The van der Waals surface area contributed by atoms with Crippen LogP contribution in [0.3, 0.4) is 0 Å². The molecule has 2 rings (SSSR count). The minimum Gasteiger partial charge on any atom is -0.458 e. The molecular weight excluding hydrogens is 260 g/mol. The van der Waals surface area contributed by atoms with Gasteiger partial charge >= 0.3 is 11.9 Å². The molecule has 0 spiro atoms. The van der Waals surface area contributed by atoms with Crippen LogP contribution in [0.15, 0.2) is 49.1 Å². The lowest BCUT2D eigenvalue weighted by Gasteiger charge is -2.06. The molecule has 0 bridgehead atoms. The van der Waals surface area contributed by atoms with Crippen molar-refractivity contribution in [3.8, 4) is 0 Å². The Balaban J connectivity index is 1.72. The van der Waals surface area contributed by atoms with Crippen LogP contribution in [0.2, 0.25) is 0 Å². The molecule has 0 fully saturated rings. The van der Waals surface area contributed by atoms with E-state index >= 15 is 0 Å². The lowest BCUT2D eigenvalue weighted by Crippen LogP contribution is -2.14. The molecule has 6 nitrogen and oxygen atoms in total. The highest BCUT2D eigenvalue weighted by Crippen LogP contribution is 2.00. The quantitative estimate of drug-likeness (QED) is 0.606. The van der Waals surface area contributed by atoms with E-state index in [1.807, 2.05) is 0 Å². The van der Waals surface area contributed by atoms with Gasteiger partial charge in [0.25, 0.3) is 0 Å². The molecule has 0 amide bonds. The zero-order chi connectivity index (χ0) is 14.2. The number of carbonyl (C=O) groups is 2. The van der Waals surface area contributed by atoms with Crippen molar-refractivity contribution in [1.82, 2.24) is 9.97 Å². The number of carbonyl (C=O) groups excluding carboxylic acids is 2. The highest BCUT2D eigenvalue weighted by Gasteiger charge is 2.09. The molecule has 0 aromatic carbocycles. The predicted molar refractivity (Wildman–Crippen MR) is 69.0 cm³/mol. The van der Waals surface area contributed by atoms with Crippen molar-refractivity contribution >= 4 is 11.9 Å². The monoisotopic (exact) mass is 272 g/mol. The van der Waals surface area contributed by atoms with Gasteiger partial charge in [0.2, 0.25) is 0 Å². The molecule has 0 aliphatic heterocycles. The molecular formula is C14H12N2O4. The number of hydrogen-bond donors (Lipinski definition) is 0. The molecule has 0 radical (unpaired) electrons. The first-order chi connectivity index (χ1) is 9.77. The largest absolute Gasteiger partial charge is 0.458 e. The minimum atomic E-state index is -0.504. The first kappa shape index (κ1) is 13.7. The van der Waals surface area contributed by atoms with Crippen molar-refractivity contribution in [2.75, 3.05) is 13.2 Å². The first-order valence-electron chi connectivity index (χ1n) is 5.91. The van der Waals surface area contributed by atoms with Gasteiger partial charge in [-0.3, -0.25) is 9.97 Å². The molecule has 20 heavy (non-hydrogen) atoms. The summed E-state index contributed by atoms with van der Waals surface area (Å²) in [5, 5.41) is 0. The summed E-state index contributed by atoms with van der Waals surface area (Å²) in [6.07, 6.45) is 5.94. The fourth-order valence-corrected chi connectivity index (χ4v) is 1.40. The van der Waals surface area contributed by atoms with E-state index in [-0.39, 0.29) is 13.2 Å². The van der Waals surface area contributed by atoms with Crippen LogP contribution in [0.25, 0.3) is 0 Å². The van der Waals surface area contributed by atoms with Gasteiger partial charge in [-0.1, -0.05) is 0 Å². The summed E-state index contributed by atoms with van der Waals surface area (Å²) in [7, 11) is 0. The average Bonchev–Trinajstić information content (AvgIpc) is 2.53. The molecule has 0 N–H and O–H groups in total. The standard InChI is InChI=1S/C14H12N2O4/c17-13(11-3-1-5-15-9-11)19-7-8-20-14(18)12-4-2-6-16-10-12/h1-6,9-10H,7-8H2. The van der Waals surface area contributed by atoms with Gasteiger partial charge in [-0.15, -0.1) is 0 Å². The molecule has 2 aromatic rings. The van der Waals surface area contributed by atoms with Crippen LogP contribution in [0.4, 0.5) is 0 Å². The minimum absolute atomic E-state index is 0.0142. The third-order valence-corrected chi connectivity index (χ3v) is 2.34. The Labute approximate surface area is 115 Å². The third kappa shape index (κ3) is 3.88. The Morgan fingerprint density at radius 1 is 0.850 bits per heavy atom. The van der Waals surface area contributed by atoms with Gasteiger partial charge in [-0.25, -0.2) is 9.59 Å². The van der Waals surface area contributed by atoms with Crippen LogP contribution >= 0.6 is 0 Å². The molecule has 2 heterocycles. The smallest absolute Gasteiger partial charge is 0.339 e. The Hall–Kier alpha value is -2.76. The Morgan fingerprint density at radius 3 is 1.65 bits per heavy atom. The van der Waals surface area contributed by atoms with E-state index < -0.39 is 11.9 Å². The first-order valence-corrected chi connectivity index (χ1v) is 5.91. The summed E-state index contributed by atoms with van der Waals surface area (Å²) in [5.41, 5.74) is 0.706. The maximum atomic E-state index is 11.5. The number of ether oxygens (including phenoxy) is 2. The summed E-state index contributed by atoms with van der Waals surface area (Å²) in [5.74, 6) is -1.01. The Morgan fingerprint density at radius 2 is 1.30 bits per heavy atom. The van der Waals surface area contributed by atoms with Crippen LogP contribution in [0.1, 0.15) is 20.7 Å². The molecule has 2 aromatic heterocycles. The molecule has 0 saturated carbocycles. The van der Waals surface area contributed by atoms with Crippen LogP contribution in [0.5, 0.6) is 0 Å². The van der Waals surface area contributed by atoms with Crippen LogP contribution in [-0.2, 0) is 9.47 Å². The van der Waals surface area contributed by atoms with E-state index in [1.54, 1.807) is 36.7 Å². The van der Waals surface area contributed by atoms with E-state index in [4.69, 9.17) is 9.47 Å². The average molecular weight is 272 g/mol. The SMILES string of the molecule is O=C(OCCOC(=O)c1cccnc1)c1cccnc1. The zero-order valence-corrected chi connectivity index (χ0v) is 10.6. The fourth-order valence-electron chi connectivity index (χ4n) is 1.40. The van der Waals surface area contributed by atoms with E-state index in [0.717, 1.165) is 0 Å². The molecule has 0 unspecified atom stereocenters. The second-order valence-electron chi connectivity index (χ2n) is 3.76. The van der Waals surface area contributed by atoms with E-state index in [9.17, 15) is 9.59 Å². The van der Waals surface area contributed by atoms with Crippen LogP contribution < -0.4 is 0 Å². The van der Waals surface area contributed by atoms with E-state index in [0.29, 0.717) is 11.1 Å². The second kappa shape index (κ2) is 6.98. The van der Waals surface area contributed by atoms with Crippen LogP contribution in [0, 0.1) is 0 Å². The highest BCUT2D eigenvalue weighted by molar-refractivity contribution is 5.89. The summed E-state index contributed by atoms with van der Waals surface area (Å²) in [6.45, 7) is -0.0283. The normalized spacial score (nSPS) is 9.80. The predicted octanol–water partition coefficient (Wildman–Crippen LogP) is 1.49. The van der Waals surface area contributed by atoms with Gasteiger partial charge < -0.3 is 9.47 Å². The van der Waals surface area contributed by atoms with Crippen molar-refractivity contribution in [1.29, 1.82) is 0 Å². The van der Waals surface area contributed by atoms with Crippen molar-refractivity contribution in [3.05, 3.63) is 60.2 Å². The van der Waals surface area contributed by atoms with Gasteiger partial charge in [0, 0.05) is 24.8 Å². The van der Waals surface area contributed by atoms with Gasteiger partial charge in [0.15, 0.2) is 0 Å². The topological polar surface area (TPSA) is 78.4 Å². The van der Waals surface area contributed by atoms with Crippen molar-refractivity contribution in [3.63, 3.8) is 0 Å². The highest BCUT2D eigenvalue weighted by atomic mass is 16.6.